The van der Waals surface area contributed by atoms with Gasteiger partial charge in [-0.3, -0.25) is 0 Å². The number of nitrogens with one attached hydrogen (secondary N) is 1. The summed E-state index contributed by atoms with van der Waals surface area (Å²) in [6, 6.07) is 9.95. The lowest BCUT2D eigenvalue weighted by molar-refractivity contribution is 0.286. The Labute approximate surface area is 134 Å². The van der Waals surface area contributed by atoms with Gasteiger partial charge >= 0.3 is 0 Å². The lowest BCUT2D eigenvalue weighted by Crippen LogP contribution is -2.20. The van der Waals surface area contributed by atoms with E-state index in [1.807, 2.05) is 18.2 Å². The number of hydrogen-bond acceptors (Lipinski definition) is 3. The van der Waals surface area contributed by atoms with Crippen LogP contribution in [0.4, 0.5) is 10.1 Å². The molecule has 0 amide bonds. The highest BCUT2D eigenvalue weighted by Crippen LogP contribution is 2.24. The molecule has 2 heterocycles. The van der Waals surface area contributed by atoms with E-state index in [0.29, 0.717) is 0 Å². The molecule has 0 aliphatic carbocycles. The van der Waals surface area contributed by atoms with Crippen LogP contribution in [0.25, 0.3) is 10.4 Å². The molecule has 0 radical (unpaired) electrons. The monoisotopic (exact) mass is 309 g/mol. The number of benzene rings is 1. The molecule has 2 aromatic rings. The topological polar surface area (TPSA) is 38.5 Å². The van der Waals surface area contributed by atoms with Crippen molar-refractivity contribution in [3.63, 3.8) is 0 Å². The van der Waals surface area contributed by atoms with Gasteiger partial charge in [-0.05, 0) is 42.8 Å². The van der Waals surface area contributed by atoms with Crippen LogP contribution in [0, 0.1) is 12.4 Å². The van der Waals surface area contributed by atoms with Crippen molar-refractivity contribution in [1.29, 1.82) is 0 Å². The fourth-order valence-electron chi connectivity index (χ4n) is 2.42. The van der Waals surface area contributed by atoms with E-state index in [1.54, 1.807) is 0 Å². The van der Waals surface area contributed by atoms with Crippen molar-refractivity contribution in [3.05, 3.63) is 71.1 Å². The molecule has 0 unspecified atom stereocenters. The molecule has 0 saturated carbocycles. The third kappa shape index (κ3) is 3.74. The highest BCUT2D eigenvalue weighted by molar-refractivity contribution is 5.63. The maximum Gasteiger partial charge on any atom is 0.190 e. The Morgan fingerprint density at radius 1 is 1.30 bits per heavy atom. The number of pyridine rings is 1. The van der Waals surface area contributed by atoms with Crippen LogP contribution in [0.2, 0.25) is 0 Å². The van der Waals surface area contributed by atoms with E-state index in [-0.39, 0.29) is 18.0 Å². The van der Waals surface area contributed by atoms with Crippen LogP contribution in [0.5, 0.6) is 5.75 Å². The predicted octanol–water partition coefficient (Wildman–Crippen LogP) is 3.73. The van der Waals surface area contributed by atoms with Gasteiger partial charge in [0.25, 0.3) is 0 Å². The van der Waals surface area contributed by atoms with Gasteiger partial charge in [0.1, 0.15) is 6.61 Å². The van der Waals surface area contributed by atoms with Gasteiger partial charge in [0, 0.05) is 6.54 Å². The maximum atomic E-state index is 13.8. The summed E-state index contributed by atoms with van der Waals surface area (Å²) in [5.41, 5.74) is 3.16. The van der Waals surface area contributed by atoms with Crippen LogP contribution in [0.1, 0.15) is 17.8 Å². The Balaban J connectivity index is 1.71. The summed E-state index contributed by atoms with van der Waals surface area (Å²) in [7, 11) is 0. The van der Waals surface area contributed by atoms with Crippen LogP contribution in [-0.2, 0) is 6.61 Å². The van der Waals surface area contributed by atoms with E-state index in [9.17, 15) is 4.39 Å². The molecule has 1 aromatic heterocycles. The third-order valence-electron chi connectivity index (χ3n) is 3.62. The van der Waals surface area contributed by atoms with E-state index in [4.69, 9.17) is 11.3 Å². The van der Waals surface area contributed by atoms with Crippen molar-refractivity contribution in [3.8, 4) is 5.75 Å². The van der Waals surface area contributed by atoms with Crippen molar-refractivity contribution in [2.45, 2.75) is 13.0 Å². The SMILES string of the molecule is [C-]#[N+]c1ccc(OCc2cccc(C3=CCNCC3)n2)c(F)c1. The average Bonchev–Trinajstić information content (AvgIpc) is 2.61. The molecule has 0 bridgehead atoms. The number of rotatable bonds is 4. The maximum absolute atomic E-state index is 13.8. The van der Waals surface area contributed by atoms with E-state index >= 15 is 0 Å². The zero-order valence-electron chi connectivity index (χ0n) is 12.6. The van der Waals surface area contributed by atoms with Crippen LogP contribution in [-0.4, -0.2) is 18.1 Å². The second-order valence-electron chi connectivity index (χ2n) is 5.21. The van der Waals surface area contributed by atoms with Gasteiger partial charge in [0.05, 0.1) is 18.0 Å². The molecule has 23 heavy (non-hydrogen) atoms. The van der Waals surface area contributed by atoms with Gasteiger partial charge < -0.3 is 10.1 Å². The van der Waals surface area contributed by atoms with Gasteiger partial charge in [-0.25, -0.2) is 14.2 Å². The van der Waals surface area contributed by atoms with Crippen molar-refractivity contribution < 1.29 is 9.13 Å². The van der Waals surface area contributed by atoms with Gasteiger partial charge in [-0.1, -0.05) is 18.2 Å². The molecule has 0 atom stereocenters. The molecule has 5 heteroatoms. The minimum Gasteiger partial charge on any atom is -0.484 e. The molecule has 1 aliphatic rings. The van der Waals surface area contributed by atoms with E-state index < -0.39 is 5.82 Å². The van der Waals surface area contributed by atoms with E-state index in [1.165, 1.54) is 23.8 Å². The fourth-order valence-corrected chi connectivity index (χ4v) is 2.42. The zero-order chi connectivity index (χ0) is 16.1. The Morgan fingerprint density at radius 2 is 2.22 bits per heavy atom. The zero-order valence-corrected chi connectivity index (χ0v) is 12.6. The standard InChI is InChI=1S/C18H16FN3O/c1-20-14-5-6-18(16(19)11-14)23-12-15-3-2-4-17(22-15)13-7-9-21-10-8-13/h2-7,11,21H,8-10,12H2. The van der Waals surface area contributed by atoms with Crippen LogP contribution in [0.3, 0.4) is 0 Å². The molecule has 1 aromatic carbocycles. The summed E-state index contributed by atoms with van der Waals surface area (Å²) in [5, 5.41) is 3.27. The molecule has 0 spiro atoms. The quantitative estimate of drug-likeness (QED) is 0.875. The summed E-state index contributed by atoms with van der Waals surface area (Å²) >= 11 is 0. The fraction of sp³-hybridized carbons (Fsp3) is 0.222. The van der Waals surface area contributed by atoms with Crippen LogP contribution < -0.4 is 10.1 Å². The van der Waals surface area contributed by atoms with E-state index in [0.717, 1.165) is 30.9 Å². The van der Waals surface area contributed by atoms with Crippen molar-refractivity contribution >= 4 is 11.3 Å². The molecule has 4 nitrogen and oxygen atoms in total. The van der Waals surface area contributed by atoms with Gasteiger partial charge in [-0.2, -0.15) is 0 Å². The first kappa shape index (κ1) is 15.2. The third-order valence-corrected chi connectivity index (χ3v) is 3.62. The van der Waals surface area contributed by atoms with E-state index in [2.05, 4.69) is 21.2 Å². The summed E-state index contributed by atoms with van der Waals surface area (Å²) in [6.07, 6.45) is 3.09. The summed E-state index contributed by atoms with van der Waals surface area (Å²) in [5.74, 6) is -0.401. The second-order valence-corrected chi connectivity index (χ2v) is 5.21. The van der Waals surface area contributed by atoms with Gasteiger partial charge in [0.2, 0.25) is 0 Å². The molecule has 3 rings (SSSR count). The second kappa shape index (κ2) is 7.03. The summed E-state index contributed by atoms with van der Waals surface area (Å²) in [6.45, 7) is 8.86. The summed E-state index contributed by atoms with van der Waals surface area (Å²) in [4.78, 5) is 7.77. The Bertz CT molecular complexity index is 780. The van der Waals surface area contributed by atoms with Crippen molar-refractivity contribution in [2.75, 3.05) is 13.1 Å². The molecule has 0 fully saturated rings. The largest absolute Gasteiger partial charge is 0.484 e. The van der Waals surface area contributed by atoms with Gasteiger partial charge in [-0.15, -0.1) is 0 Å². The highest BCUT2D eigenvalue weighted by atomic mass is 19.1. The number of halogens is 1. The Kier molecular flexibility index (Phi) is 4.65. The predicted molar refractivity (Wildman–Crippen MR) is 86.7 cm³/mol. The normalized spacial score (nSPS) is 14.0. The summed E-state index contributed by atoms with van der Waals surface area (Å²) < 4.78 is 19.3. The number of nitrogens with zero attached hydrogens (tertiary/aromatic N) is 2. The molecule has 116 valence electrons. The van der Waals surface area contributed by atoms with Gasteiger partial charge in [0.15, 0.2) is 17.3 Å². The Morgan fingerprint density at radius 3 is 2.96 bits per heavy atom. The Hall–Kier alpha value is -2.71. The number of hydrogen-bond donors (Lipinski definition) is 1. The minimum absolute atomic E-state index is 0.130. The minimum atomic E-state index is -0.532. The van der Waals surface area contributed by atoms with Crippen LogP contribution in [0.15, 0.2) is 42.5 Å². The smallest absolute Gasteiger partial charge is 0.190 e. The van der Waals surface area contributed by atoms with Crippen LogP contribution >= 0.6 is 0 Å². The highest BCUT2D eigenvalue weighted by Gasteiger charge is 2.09. The number of ether oxygens (including phenoxy) is 1. The molecular formula is C18H16FN3O. The van der Waals surface area contributed by atoms with Crippen molar-refractivity contribution in [1.82, 2.24) is 10.3 Å². The molecule has 1 N–H and O–H groups in total. The molecular weight excluding hydrogens is 293 g/mol. The number of aromatic nitrogens is 1. The molecule has 0 saturated heterocycles. The first-order valence-corrected chi connectivity index (χ1v) is 7.42. The van der Waals surface area contributed by atoms with Crippen molar-refractivity contribution in [2.24, 2.45) is 0 Å². The first-order valence-electron chi connectivity index (χ1n) is 7.42. The first-order chi connectivity index (χ1) is 11.3. The molecule has 1 aliphatic heterocycles. The lowest BCUT2D eigenvalue weighted by Gasteiger charge is -2.14. The average molecular weight is 309 g/mol. The lowest BCUT2D eigenvalue weighted by atomic mass is 10.1.